The number of para-hydroxylation sites is 1. The fraction of sp³-hybridized carbons (Fsp3) is 0.143. The maximum Gasteiger partial charge on any atom is 0.242 e. The molecule has 2 aromatic carbocycles. The van der Waals surface area contributed by atoms with E-state index in [0.29, 0.717) is 5.56 Å². The molecule has 19 heavy (non-hydrogen) atoms. The van der Waals surface area contributed by atoms with Gasteiger partial charge in [-0.15, -0.1) is 0 Å². The van der Waals surface area contributed by atoms with Crippen molar-refractivity contribution in [3.05, 3.63) is 48.5 Å². The molecule has 5 heteroatoms. The maximum absolute atomic E-state index is 11.9. The highest BCUT2D eigenvalue weighted by atomic mass is 32.2. The van der Waals surface area contributed by atoms with Crippen LogP contribution in [-0.2, 0) is 10.0 Å². The van der Waals surface area contributed by atoms with Crippen molar-refractivity contribution < 1.29 is 13.5 Å². The molecule has 0 heterocycles. The van der Waals surface area contributed by atoms with Gasteiger partial charge in [0, 0.05) is 19.7 Å². The van der Waals surface area contributed by atoms with E-state index >= 15 is 0 Å². The minimum Gasteiger partial charge on any atom is -0.507 e. The van der Waals surface area contributed by atoms with Gasteiger partial charge in [-0.3, -0.25) is 0 Å². The van der Waals surface area contributed by atoms with E-state index in [4.69, 9.17) is 0 Å². The molecule has 100 valence electrons. The van der Waals surface area contributed by atoms with E-state index in [9.17, 15) is 13.5 Å². The smallest absolute Gasteiger partial charge is 0.242 e. The summed E-state index contributed by atoms with van der Waals surface area (Å²) in [6.07, 6.45) is 0. The highest BCUT2D eigenvalue weighted by Gasteiger charge is 2.16. The van der Waals surface area contributed by atoms with Crippen LogP contribution in [0.2, 0.25) is 0 Å². The van der Waals surface area contributed by atoms with Crippen LogP contribution in [0.4, 0.5) is 0 Å². The summed E-state index contributed by atoms with van der Waals surface area (Å²) < 4.78 is 25.0. The predicted octanol–water partition coefficient (Wildman–Crippen LogP) is 2.31. The van der Waals surface area contributed by atoms with Crippen LogP contribution < -0.4 is 0 Å². The van der Waals surface area contributed by atoms with Crippen LogP contribution in [0.1, 0.15) is 0 Å². The van der Waals surface area contributed by atoms with Crippen LogP contribution in [0, 0.1) is 0 Å². The van der Waals surface area contributed by atoms with Gasteiger partial charge in [0.2, 0.25) is 10.0 Å². The van der Waals surface area contributed by atoms with Gasteiger partial charge in [0.05, 0.1) is 4.90 Å². The fourth-order valence-corrected chi connectivity index (χ4v) is 2.64. The number of hydrogen-bond acceptors (Lipinski definition) is 3. The third kappa shape index (κ3) is 2.62. The van der Waals surface area contributed by atoms with Crippen molar-refractivity contribution in [2.75, 3.05) is 14.1 Å². The number of hydrogen-bond donors (Lipinski definition) is 1. The van der Waals surface area contributed by atoms with Crippen LogP contribution in [0.25, 0.3) is 11.1 Å². The second-order valence-electron chi connectivity index (χ2n) is 4.33. The molecule has 0 atom stereocenters. The molecule has 1 N–H and O–H groups in total. The molecular weight excluding hydrogens is 262 g/mol. The molecular formula is C14H15NO3S. The molecule has 0 saturated carbocycles. The van der Waals surface area contributed by atoms with E-state index in [1.54, 1.807) is 30.3 Å². The Balaban J connectivity index is 2.43. The van der Waals surface area contributed by atoms with Crippen molar-refractivity contribution in [1.82, 2.24) is 4.31 Å². The molecule has 0 unspecified atom stereocenters. The molecule has 0 aromatic heterocycles. The molecule has 0 fully saturated rings. The van der Waals surface area contributed by atoms with Gasteiger partial charge >= 0.3 is 0 Å². The van der Waals surface area contributed by atoms with E-state index in [0.717, 1.165) is 5.56 Å². The summed E-state index contributed by atoms with van der Waals surface area (Å²) >= 11 is 0. The molecule has 0 aliphatic heterocycles. The molecule has 0 aliphatic rings. The zero-order chi connectivity index (χ0) is 14.0. The summed E-state index contributed by atoms with van der Waals surface area (Å²) in [6.45, 7) is 0. The lowest BCUT2D eigenvalue weighted by atomic mass is 10.1. The second-order valence-corrected chi connectivity index (χ2v) is 6.48. The third-order valence-corrected chi connectivity index (χ3v) is 4.68. The number of sulfonamides is 1. The predicted molar refractivity (Wildman–Crippen MR) is 74.4 cm³/mol. The summed E-state index contributed by atoms with van der Waals surface area (Å²) in [5, 5.41) is 9.75. The zero-order valence-corrected chi connectivity index (χ0v) is 11.6. The van der Waals surface area contributed by atoms with Crippen molar-refractivity contribution in [1.29, 1.82) is 0 Å². The van der Waals surface area contributed by atoms with Crippen LogP contribution in [-0.4, -0.2) is 31.9 Å². The molecule has 0 spiro atoms. The number of nitrogens with zero attached hydrogens (tertiary/aromatic N) is 1. The lowest BCUT2D eigenvalue weighted by Crippen LogP contribution is -2.22. The average molecular weight is 277 g/mol. The SMILES string of the molecule is CN(C)S(=O)(=O)c1ccc(-c2ccccc2O)cc1. The van der Waals surface area contributed by atoms with Crippen molar-refractivity contribution in [3.8, 4) is 16.9 Å². The van der Waals surface area contributed by atoms with Gasteiger partial charge in [-0.05, 0) is 23.8 Å². The normalized spacial score (nSPS) is 11.7. The maximum atomic E-state index is 11.9. The van der Waals surface area contributed by atoms with Crippen molar-refractivity contribution in [2.45, 2.75) is 4.90 Å². The lowest BCUT2D eigenvalue weighted by molar-refractivity contribution is 0.477. The number of phenols is 1. The first-order chi connectivity index (χ1) is 8.93. The fourth-order valence-electron chi connectivity index (χ4n) is 1.74. The monoisotopic (exact) mass is 277 g/mol. The van der Waals surface area contributed by atoms with Crippen molar-refractivity contribution >= 4 is 10.0 Å². The Labute approximate surface area is 113 Å². The summed E-state index contributed by atoms with van der Waals surface area (Å²) in [4.78, 5) is 0.233. The van der Waals surface area contributed by atoms with Gasteiger partial charge in [-0.2, -0.15) is 0 Å². The Hall–Kier alpha value is -1.85. The van der Waals surface area contributed by atoms with Gasteiger partial charge in [-0.1, -0.05) is 30.3 Å². The van der Waals surface area contributed by atoms with E-state index in [1.165, 1.54) is 30.5 Å². The quantitative estimate of drug-likeness (QED) is 0.936. The molecule has 0 amide bonds. The molecule has 0 saturated heterocycles. The molecule has 2 aromatic rings. The number of benzene rings is 2. The number of phenolic OH excluding ortho intramolecular Hbond substituents is 1. The Morgan fingerprint density at radius 2 is 1.53 bits per heavy atom. The minimum atomic E-state index is -3.42. The first-order valence-electron chi connectivity index (χ1n) is 5.74. The van der Waals surface area contributed by atoms with Gasteiger partial charge in [0.15, 0.2) is 0 Å². The first-order valence-corrected chi connectivity index (χ1v) is 7.18. The van der Waals surface area contributed by atoms with Crippen LogP contribution in [0.3, 0.4) is 0 Å². The Bertz CT molecular complexity index is 676. The summed E-state index contributed by atoms with van der Waals surface area (Å²) in [5.41, 5.74) is 1.45. The molecule has 0 bridgehead atoms. The van der Waals surface area contributed by atoms with E-state index in [-0.39, 0.29) is 10.6 Å². The van der Waals surface area contributed by atoms with Gasteiger partial charge in [-0.25, -0.2) is 12.7 Å². The lowest BCUT2D eigenvalue weighted by Gasteiger charge is -2.12. The second kappa shape index (κ2) is 5.03. The average Bonchev–Trinajstić information content (AvgIpc) is 2.39. The molecule has 0 radical (unpaired) electrons. The van der Waals surface area contributed by atoms with E-state index in [1.807, 2.05) is 6.07 Å². The summed E-state index contributed by atoms with van der Waals surface area (Å²) in [5.74, 6) is 0.172. The molecule has 0 aliphatic carbocycles. The number of rotatable bonds is 3. The minimum absolute atomic E-state index is 0.172. The highest BCUT2D eigenvalue weighted by molar-refractivity contribution is 7.89. The Morgan fingerprint density at radius 1 is 0.947 bits per heavy atom. The zero-order valence-electron chi connectivity index (χ0n) is 10.7. The Kier molecular flexibility index (Phi) is 3.59. The van der Waals surface area contributed by atoms with E-state index < -0.39 is 10.0 Å². The standard InChI is InChI=1S/C14H15NO3S/c1-15(2)19(17,18)12-9-7-11(8-10-12)13-5-3-4-6-14(13)16/h3-10,16H,1-2H3. The van der Waals surface area contributed by atoms with Crippen LogP contribution in [0.5, 0.6) is 5.75 Å². The topological polar surface area (TPSA) is 57.6 Å². The third-order valence-electron chi connectivity index (χ3n) is 2.85. The van der Waals surface area contributed by atoms with Gasteiger partial charge in [0.1, 0.15) is 5.75 Å². The molecule has 4 nitrogen and oxygen atoms in total. The van der Waals surface area contributed by atoms with Gasteiger partial charge < -0.3 is 5.11 Å². The van der Waals surface area contributed by atoms with Crippen molar-refractivity contribution in [2.24, 2.45) is 0 Å². The van der Waals surface area contributed by atoms with E-state index in [2.05, 4.69) is 0 Å². The van der Waals surface area contributed by atoms with Gasteiger partial charge in [0.25, 0.3) is 0 Å². The van der Waals surface area contributed by atoms with Crippen LogP contribution in [0.15, 0.2) is 53.4 Å². The molecule has 2 rings (SSSR count). The van der Waals surface area contributed by atoms with Crippen molar-refractivity contribution in [3.63, 3.8) is 0 Å². The number of aromatic hydroxyl groups is 1. The summed E-state index contributed by atoms with van der Waals surface area (Å²) in [7, 11) is -0.430. The highest BCUT2D eigenvalue weighted by Crippen LogP contribution is 2.29. The summed E-state index contributed by atoms with van der Waals surface area (Å²) in [6, 6.07) is 13.4. The first kappa shape index (κ1) is 13.6. The van der Waals surface area contributed by atoms with Crippen LogP contribution >= 0.6 is 0 Å². The Morgan fingerprint density at radius 3 is 2.05 bits per heavy atom. The largest absolute Gasteiger partial charge is 0.507 e.